The Kier molecular flexibility index (Phi) is 6.20. The molecule has 1 aromatic carbocycles. The molecule has 3 heterocycles. The van der Waals surface area contributed by atoms with Gasteiger partial charge in [0.25, 0.3) is 5.91 Å². The minimum absolute atomic E-state index is 0. The summed E-state index contributed by atoms with van der Waals surface area (Å²) >= 11 is 1.40. The number of nitrogens with zero attached hydrogens (tertiary/aromatic N) is 4. The van der Waals surface area contributed by atoms with Gasteiger partial charge in [0.05, 0.1) is 17.2 Å². The van der Waals surface area contributed by atoms with Crippen molar-refractivity contribution in [2.24, 2.45) is 0 Å². The van der Waals surface area contributed by atoms with Crippen molar-refractivity contribution < 1.29 is 4.79 Å². The van der Waals surface area contributed by atoms with Crippen LogP contribution in [-0.2, 0) is 0 Å². The highest BCUT2D eigenvalue weighted by molar-refractivity contribution is 7.14. The van der Waals surface area contributed by atoms with Gasteiger partial charge in [-0.25, -0.2) is 9.67 Å². The number of benzene rings is 1. The summed E-state index contributed by atoms with van der Waals surface area (Å²) in [5.74, 6) is -0.246. The number of amides is 1. The topological polar surface area (TPSA) is 84.7 Å². The maximum Gasteiger partial charge on any atom is 0.278 e. The summed E-state index contributed by atoms with van der Waals surface area (Å²) in [6.07, 6.45) is 2.00. The van der Waals surface area contributed by atoms with Crippen molar-refractivity contribution in [3.05, 3.63) is 47.2 Å². The smallest absolute Gasteiger partial charge is 0.278 e. The fourth-order valence-corrected chi connectivity index (χ4v) is 3.94. The molecule has 142 valence electrons. The molecule has 0 atom stereocenters. The van der Waals surface area contributed by atoms with E-state index in [0.29, 0.717) is 11.7 Å². The SMILES string of the molecule is Cc1c(C(=O)Nc2scnc2-c2ccccc2)nnn1C1CCNCC1.Cl. The first-order chi connectivity index (χ1) is 12.7. The van der Waals surface area contributed by atoms with Gasteiger partial charge < -0.3 is 10.6 Å². The monoisotopic (exact) mass is 404 g/mol. The zero-order valence-electron chi connectivity index (χ0n) is 14.9. The Morgan fingerprint density at radius 2 is 2.00 bits per heavy atom. The van der Waals surface area contributed by atoms with Crippen LogP contribution in [0.2, 0.25) is 0 Å². The molecule has 1 aliphatic rings. The van der Waals surface area contributed by atoms with E-state index in [1.165, 1.54) is 11.3 Å². The van der Waals surface area contributed by atoms with Crippen LogP contribution in [0, 0.1) is 6.92 Å². The van der Waals surface area contributed by atoms with E-state index in [9.17, 15) is 4.79 Å². The molecule has 2 aromatic heterocycles. The molecule has 0 bridgehead atoms. The van der Waals surface area contributed by atoms with Gasteiger partial charge in [-0.2, -0.15) is 0 Å². The molecule has 9 heteroatoms. The summed E-state index contributed by atoms with van der Waals surface area (Å²) in [7, 11) is 0. The minimum atomic E-state index is -0.246. The molecule has 1 fully saturated rings. The number of nitrogens with one attached hydrogen (secondary N) is 2. The third kappa shape index (κ3) is 4.02. The maximum absolute atomic E-state index is 12.8. The normalized spacial score (nSPS) is 14.6. The summed E-state index contributed by atoms with van der Waals surface area (Å²) in [4.78, 5) is 17.1. The van der Waals surface area contributed by atoms with Crippen molar-refractivity contribution in [1.82, 2.24) is 25.3 Å². The predicted octanol–water partition coefficient (Wildman–Crippen LogP) is 3.31. The van der Waals surface area contributed by atoms with Crippen LogP contribution in [0.15, 0.2) is 35.8 Å². The lowest BCUT2D eigenvalue weighted by molar-refractivity contribution is 0.102. The van der Waals surface area contributed by atoms with Crippen LogP contribution in [0.1, 0.15) is 35.1 Å². The van der Waals surface area contributed by atoms with Crippen molar-refractivity contribution in [1.29, 1.82) is 0 Å². The minimum Gasteiger partial charge on any atom is -0.317 e. The molecule has 0 radical (unpaired) electrons. The van der Waals surface area contributed by atoms with Crippen molar-refractivity contribution in [2.75, 3.05) is 18.4 Å². The van der Waals surface area contributed by atoms with Crippen molar-refractivity contribution in [2.45, 2.75) is 25.8 Å². The molecule has 1 amide bonds. The Hall–Kier alpha value is -2.29. The molecule has 1 saturated heterocycles. The summed E-state index contributed by atoms with van der Waals surface area (Å²) in [5, 5.41) is 15.4. The van der Waals surface area contributed by atoms with E-state index in [0.717, 1.165) is 47.9 Å². The largest absolute Gasteiger partial charge is 0.317 e. The van der Waals surface area contributed by atoms with Gasteiger partial charge in [-0.3, -0.25) is 4.79 Å². The zero-order chi connectivity index (χ0) is 17.9. The van der Waals surface area contributed by atoms with Crippen LogP contribution in [0.3, 0.4) is 0 Å². The predicted molar refractivity (Wildman–Crippen MR) is 109 cm³/mol. The van der Waals surface area contributed by atoms with E-state index in [4.69, 9.17) is 0 Å². The standard InChI is InChI=1S/C18H20N6OS.ClH/c1-12-15(22-23-24(12)14-7-9-19-10-8-14)17(25)21-18-16(20-11-26-18)13-5-3-2-4-6-13;/h2-6,11,14,19H,7-10H2,1H3,(H,21,25);1H. The van der Waals surface area contributed by atoms with Crippen LogP contribution in [0.5, 0.6) is 0 Å². The summed E-state index contributed by atoms with van der Waals surface area (Å²) in [5.41, 5.74) is 4.65. The second kappa shape index (κ2) is 8.60. The molecular weight excluding hydrogens is 384 g/mol. The fraction of sp³-hybridized carbons (Fsp3) is 0.333. The molecule has 0 saturated carbocycles. The number of rotatable bonds is 4. The van der Waals surface area contributed by atoms with Crippen LogP contribution in [0.4, 0.5) is 5.00 Å². The number of carbonyl (C=O) groups excluding carboxylic acids is 1. The van der Waals surface area contributed by atoms with E-state index < -0.39 is 0 Å². The van der Waals surface area contributed by atoms with Gasteiger partial charge in [0.15, 0.2) is 5.69 Å². The molecule has 2 N–H and O–H groups in total. The second-order valence-corrected chi connectivity index (χ2v) is 7.15. The van der Waals surface area contributed by atoms with E-state index in [1.54, 1.807) is 5.51 Å². The molecule has 0 aliphatic carbocycles. The molecule has 0 spiro atoms. The van der Waals surface area contributed by atoms with Crippen molar-refractivity contribution in [3.63, 3.8) is 0 Å². The Labute approximate surface area is 167 Å². The molecule has 3 aromatic rings. The number of carbonyl (C=O) groups is 1. The van der Waals surface area contributed by atoms with E-state index in [2.05, 4.69) is 25.9 Å². The summed E-state index contributed by atoms with van der Waals surface area (Å²) in [6, 6.07) is 10.1. The van der Waals surface area contributed by atoms with Gasteiger partial charge in [-0.1, -0.05) is 35.5 Å². The molecular formula is C18H21ClN6OS. The number of hydrogen-bond acceptors (Lipinski definition) is 6. The van der Waals surface area contributed by atoms with Crippen molar-refractivity contribution >= 4 is 34.7 Å². The lowest BCUT2D eigenvalue weighted by Crippen LogP contribution is -2.30. The quantitative estimate of drug-likeness (QED) is 0.696. The average molecular weight is 405 g/mol. The lowest BCUT2D eigenvalue weighted by atomic mass is 10.1. The van der Waals surface area contributed by atoms with Gasteiger partial charge in [-0.05, 0) is 32.9 Å². The highest BCUT2D eigenvalue weighted by Crippen LogP contribution is 2.30. The average Bonchev–Trinajstić information content (AvgIpc) is 3.29. The molecule has 27 heavy (non-hydrogen) atoms. The summed E-state index contributed by atoms with van der Waals surface area (Å²) < 4.78 is 1.89. The molecule has 1 aliphatic heterocycles. The first-order valence-electron chi connectivity index (χ1n) is 8.67. The Morgan fingerprint density at radius 3 is 2.74 bits per heavy atom. The third-order valence-corrected chi connectivity index (χ3v) is 5.38. The first kappa shape index (κ1) is 19.5. The zero-order valence-corrected chi connectivity index (χ0v) is 16.5. The number of hydrogen-bond donors (Lipinski definition) is 2. The van der Waals surface area contributed by atoms with E-state index in [-0.39, 0.29) is 18.3 Å². The Morgan fingerprint density at radius 1 is 1.26 bits per heavy atom. The van der Waals surface area contributed by atoms with Crippen LogP contribution >= 0.6 is 23.7 Å². The van der Waals surface area contributed by atoms with E-state index >= 15 is 0 Å². The number of piperidine rings is 1. The van der Waals surface area contributed by atoms with Gasteiger partial charge in [0, 0.05) is 5.56 Å². The number of halogens is 1. The number of anilines is 1. The highest BCUT2D eigenvalue weighted by atomic mass is 35.5. The Balaban J connectivity index is 0.00000210. The molecule has 0 unspecified atom stereocenters. The lowest BCUT2D eigenvalue weighted by Gasteiger charge is -2.23. The molecule has 7 nitrogen and oxygen atoms in total. The van der Waals surface area contributed by atoms with Crippen LogP contribution < -0.4 is 10.6 Å². The van der Waals surface area contributed by atoms with E-state index in [1.807, 2.05) is 41.9 Å². The first-order valence-corrected chi connectivity index (χ1v) is 9.55. The number of thiazole rings is 1. The highest BCUT2D eigenvalue weighted by Gasteiger charge is 2.23. The van der Waals surface area contributed by atoms with Gasteiger partial charge in [0.2, 0.25) is 0 Å². The van der Waals surface area contributed by atoms with Gasteiger partial charge in [0.1, 0.15) is 10.7 Å². The maximum atomic E-state index is 12.8. The van der Waals surface area contributed by atoms with Crippen molar-refractivity contribution in [3.8, 4) is 11.3 Å². The third-order valence-electron chi connectivity index (χ3n) is 4.64. The second-order valence-electron chi connectivity index (χ2n) is 6.30. The molecule has 4 rings (SSSR count). The Bertz CT molecular complexity index is 904. The number of aromatic nitrogens is 4. The fourth-order valence-electron chi connectivity index (χ4n) is 3.25. The summed E-state index contributed by atoms with van der Waals surface area (Å²) in [6.45, 7) is 3.83. The van der Waals surface area contributed by atoms with Crippen LogP contribution in [-0.4, -0.2) is 39.0 Å². The van der Waals surface area contributed by atoms with Gasteiger partial charge >= 0.3 is 0 Å². The van der Waals surface area contributed by atoms with Crippen LogP contribution in [0.25, 0.3) is 11.3 Å². The van der Waals surface area contributed by atoms with Gasteiger partial charge in [-0.15, -0.1) is 28.8 Å².